The van der Waals surface area contributed by atoms with Crippen molar-refractivity contribution >= 4 is 5.69 Å². The molecule has 0 aliphatic carbocycles. The molecule has 1 aromatic rings. The molecule has 0 amide bonds. The van der Waals surface area contributed by atoms with Crippen LogP contribution in [0, 0.1) is 5.92 Å². The Morgan fingerprint density at radius 3 is 2.79 bits per heavy atom. The summed E-state index contributed by atoms with van der Waals surface area (Å²) >= 11 is 0. The second kappa shape index (κ2) is 6.42. The molecule has 108 valence electrons. The van der Waals surface area contributed by atoms with Gasteiger partial charge in [0, 0.05) is 37.9 Å². The van der Waals surface area contributed by atoms with Crippen molar-refractivity contribution < 1.29 is 0 Å². The van der Waals surface area contributed by atoms with Crippen LogP contribution in [0.4, 0.5) is 5.69 Å². The van der Waals surface area contributed by atoms with E-state index in [1.54, 1.807) is 0 Å². The second-order valence-corrected chi connectivity index (χ2v) is 5.67. The van der Waals surface area contributed by atoms with E-state index in [9.17, 15) is 0 Å². The largest absolute Gasteiger partial charge is 0.363 e. The Morgan fingerprint density at radius 2 is 2.21 bits per heavy atom. The summed E-state index contributed by atoms with van der Waals surface area (Å²) in [4.78, 5) is 2.55. The van der Waals surface area contributed by atoms with Crippen LogP contribution in [0.3, 0.4) is 0 Å². The zero-order chi connectivity index (χ0) is 13.8. The maximum atomic E-state index is 4.42. The molecule has 0 radical (unpaired) electrons. The number of nitrogens with zero attached hydrogens (tertiary/aromatic N) is 3. The number of hydrogen-bond acceptors (Lipinski definition) is 3. The third-order valence-corrected chi connectivity index (χ3v) is 4.53. The maximum Gasteiger partial charge on any atom is 0.0755 e. The predicted octanol–water partition coefficient (Wildman–Crippen LogP) is 2.51. The second-order valence-electron chi connectivity index (χ2n) is 5.67. The predicted molar refractivity (Wildman–Crippen MR) is 80.6 cm³/mol. The molecule has 1 fully saturated rings. The topological polar surface area (TPSA) is 33.1 Å². The van der Waals surface area contributed by atoms with Crippen molar-refractivity contribution in [3.05, 3.63) is 12.4 Å². The zero-order valence-corrected chi connectivity index (χ0v) is 12.8. The summed E-state index contributed by atoms with van der Waals surface area (Å²) in [6, 6.07) is 1.19. The van der Waals surface area contributed by atoms with Crippen molar-refractivity contribution in [3.8, 4) is 0 Å². The van der Waals surface area contributed by atoms with Crippen LogP contribution in [-0.2, 0) is 6.54 Å². The number of piperazine rings is 1. The lowest BCUT2D eigenvalue weighted by Gasteiger charge is -2.42. The molecule has 1 N–H and O–H groups in total. The summed E-state index contributed by atoms with van der Waals surface area (Å²) in [7, 11) is 0. The van der Waals surface area contributed by atoms with Gasteiger partial charge in [-0.25, -0.2) is 0 Å². The van der Waals surface area contributed by atoms with Crippen molar-refractivity contribution in [1.82, 2.24) is 15.1 Å². The van der Waals surface area contributed by atoms with Crippen LogP contribution < -0.4 is 10.2 Å². The maximum absolute atomic E-state index is 4.42. The molecule has 3 atom stereocenters. The lowest BCUT2D eigenvalue weighted by molar-refractivity contribution is 0.306. The lowest BCUT2D eigenvalue weighted by Crippen LogP contribution is -2.58. The highest BCUT2D eigenvalue weighted by molar-refractivity contribution is 5.44. The zero-order valence-electron chi connectivity index (χ0n) is 12.8. The fourth-order valence-corrected chi connectivity index (χ4v) is 2.84. The van der Waals surface area contributed by atoms with Gasteiger partial charge in [0.15, 0.2) is 0 Å². The Bertz CT molecular complexity index is 387. The van der Waals surface area contributed by atoms with E-state index in [-0.39, 0.29) is 0 Å². The van der Waals surface area contributed by atoms with E-state index in [0.717, 1.165) is 25.6 Å². The van der Waals surface area contributed by atoms with E-state index in [1.165, 1.54) is 18.5 Å². The molecule has 2 heterocycles. The van der Waals surface area contributed by atoms with Crippen LogP contribution in [0.25, 0.3) is 0 Å². The summed E-state index contributed by atoms with van der Waals surface area (Å²) in [5.41, 5.74) is 1.28. The van der Waals surface area contributed by atoms with Crippen molar-refractivity contribution in [1.29, 1.82) is 0 Å². The summed E-state index contributed by atoms with van der Waals surface area (Å²) in [6.45, 7) is 12.2. The first-order chi connectivity index (χ1) is 9.19. The number of hydrogen-bond donors (Lipinski definition) is 1. The molecule has 1 aliphatic rings. The van der Waals surface area contributed by atoms with Crippen molar-refractivity contribution in [2.75, 3.05) is 18.0 Å². The number of anilines is 1. The first kappa shape index (κ1) is 14.4. The highest BCUT2D eigenvalue weighted by Crippen LogP contribution is 2.23. The summed E-state index contributed by atoms with van der Waals surface area (Å²) < 4.78 is 2.02. The third-order valence-electron chi connectivity index (χ3n) is 4.53. The first-order valence-corrected chi connectivity index (χ1v) is 7.72. The van der Waals surface area contributed by atoms with Gasteiger partial charge in [-0.15, -0.1) is 0 Å². The molecule has 0 spiro atoms. The molecule has 3 unspecified atom stereocenters. The van der Waals surface area contributed by atoms with Gasteiger partial charge in [-0.1, -0.05) is 27.2 Å². The van der Waals surface area contributed by atoms with Gasteiger partial charge < -0.3 is 10.2 Å². The number of nitrogens with one attached hydrogen (secondary N) is 1. The van der Waals surface area contributed by atoms with E-state index in [4.69, 9.17) is 0 Å². The number of rotatable bonds is 5. The van der Waals surface area contributed by atoms with Gasteiger partial charge in [-0.3, -0.25) is 4.68 Å². The molecule has 4 nitrogen and oxygen atoms in total. The van der Waals surface area contributed by atoms with Gasteiger partial charge >= 0.3 is 0 Å². The Labute approximate surface area is 117 Å². The van der Waals surface area contributed by atoms with Gasteiger partial charge in [0.2, 0.25) is 0 Å². The summed E-state index contributed by atoms with van der Waals surface area (Å²) in [5.74, 6) is 0.724. The van der Waals surface area contributed by atoms with Crippen LogP contribution in [0.1, 0.15) is 40.5 Å². The number of aromatic nitrogens is 2. The van der Waals surface area contributed by atoms with E-state index in [1.807, 2.05) is 10.9 Å². The Morgan fingerprint density at radius 1 is 1.42 bits per heavy atom. The molecule has 1 saturated heterocycles. The standard InChI is InChI=1S/C15H28N4/c1-5-12(4)15-11-19(13(6-2)8-16-15)14-9-17-18(7-3)10-14/h9-10,12-13,15-16H,5-8,11H2,1-4H3. The van der Waals surface area contributed by atoms with Gasteiger partial charge in [-0.05, 0) is 19.3 Å². The lowest BCUT2D eigenvalue weighted by atomic mass is 9.94. The van der Waals surface area contributed by atoms with Crippen LogP contribution in [0.5, 0.6) is 0 Å². The quantitative estimate of drug-likeness (QED) is 0.887. The molecule has 2 rings (SSSR count). The molecule has 0 bridgehead atoms. The van der Waals surface area contributed by atoms with E-state index >= 15 is 0 Å². The van der Waals surface area contributed by atoms with Crippen molar-refractivity contribution in [3.63, 3.8) is 0 Å². The molecular formula is C15H28N4. The first-order valence-electron chi connectivity index (χ1n) is 7.72. The van der Waals surface area contributed by atoms with Gasteiger partial charge in [0.25, 0.3) is 0 Å². The molecule has 0 saturated carbocycles. The van der Waals surface area contributed by atoms with Crippen molar-refractivity contribution in [2.24, 2.45) is 5.92 Å². The van der Waals surface area contributed by atoms with Gasteiger partial charge in [0.1, 0.15) is 0 Å². The number of aryl methyl sites for hydroxylation is 1. The highest BCUT2D eigenvalue weighted by atomic mass is 15.3. The molecule has 1 aliphatic heterocycles. The highest BCUT2D eigenvalue weighted by Gasteiger charge is 2.29. The fourth-order valence-electron chi connectivity index (χ4n) is 2.84. The summed E-state index contributed by atoms with van der Waals surface area (Å²) in [6.07, 6.45) is 6.61. The normalized spacial score (nSPS) is 25.6. The Balaban J connectivity index is 2.13. The van der Waals surface area contributed by atoms with Crippen LogP contribution >= 0.6 is 0 Å². The van der Waals surface area contributed by atoms with E-state index in [2.05, 4.69) is 49.2 Å². The molecular weight excluding hydrogens is 236 g/mol. The Kier molecular flexibility index (Phi) is 4.86. The third kappa shape index (κ3) is 3.11. The van der Waals surface area contributed by atoms with Crippen molar-refractivity contribution in [2.45, 2.75) is 59.2 Å². The molecule has 0 aromatic carbocycles. The van der Waals surface area contributed by atoms with Crippen LogP contribution in [0.2, 0.25) is 0 Å². The minimum Gasteiger partial charge on any atom is -0.363 e. The molecule has 19 heavy (non-hydrogen) atoms. The minimum absolute atomic E-state index is 0.592. The van der Waals surface area contributed by atoms with E-state index < -0.39 is 0 Å². The Hall–Kier alpha value is -1.03. The van der Waals surface area contributed by atoms with E-state index in [0.29, 0.717) is 12.1 Å². The van der Waals surface area contributed by atoms with Crippen LogP contribution in [-0.4, -0.2) is 35.0 Å². The van der Waals surface area contributed by atoms with Gasteiger partial charge in [-0.2, -0.15) is 5.10 Å². The average molecular weight is 264 g/mol. The smallest absolute Gasteiger partial charge is 0.0755 e. The van der Waals surface area contributed by atoms with Crippen LogP contribution in [0.15, 0.2) is 12.4 Å². The SMILES string of the molecule is CCC(C)C1CN(c2cnn(CC)c2)C(CC)CN1. The summed E-state index contributed by atoms with van der Waals surface area (Å²) in [5, 5.41) is 8.15. The van der Waals surface area contributed by atoms with Gasteiger partial charge in [0.05, 0.1) is 11.9 Å². The fraction of sp³-hybridized carbons (Fsp3) is 0.800. The molecule has 1 aromatic heterocycles. The minimum atomic E-state index is 0.592. The molecule has 4 heteroatoms. The monoisotopic (exact) mass is 264 g/mol. The average Bonchev–Trinajstić information content (AvgIpc) is 2.94.